The van der Waals surface area contributed by atoms with E-state index in [-0.39, 0.29) is 31.2 Å². The number of nitrogens with zero attached hydrogens (tertiary/aromatic N) is 5. The smallest absolute Gasteiger partial charge is 0.333 e. The number of esters is 1. The number of aromatic hydroxyl groups is 1. The van der Waals surface area contributed by atoms with E-state index in [1.54, 1.807) is 51.1 Å². The molecule has 19 nitrogen and oxygen atoms in total. The lowest BCUT2D eigenvalue weighted by Gasteiger charge is -2.37. The minimum Gasteiger partial charge on any atom is -0.505 e. The first kappa shape index (κ1) is 49.5. The molecule has 0 saturated carbocycles. The maximum atomic E-state index is 14.5. The maximum Gasteiger partial charge on any atom is 0.333 e. The molecule has 1 unspecified atom stereocenters. The molecule has 1 aromatic carbocycles. The van der Waals surface area contributed by atoms with Crippen LogP contribution in [0, 0.1) is 17.8 Å². The quantitative estimate of drug-likeness (QED) is 0.240. The summed E-state index contributed by atoms with van der Waals surface area (Å²) in [7, 11) is 4.13. The van der Waals surface area contributed by atoms with Crippen molar-refractivity contribution in [3.63, 3.8) is 0 Å². The predicted molar refractivity (Wildman–Crippen MR) is 228 cm³/mol. The molecule has 5 N–H and O–H groups in total. The van der Waals surface area contributed by atoms with Crippen molar-refractivity contribution in [2.45, 2.75) is 110 Å². The monoisotopic (exact) mass is 878 g/mol. The second kappa shape index (κ2) is 21.3. The molecule has 0 aliphatic carbocycles. The van der Waals surface area contributed by atoms with E-state index in [2.05, 4.69) is 20.9 Å². The van der Waals surface area contributed by atoms with E-state index in [1.807, 2.05) is 13.8 Å². The van der Waals surface area contributed by atoms with Gasteiger partial charge in [-0.2, -0.15) is 0 Å². The molecule has 0 bridgehead atoms. The van der Waals surface area contributed by atoms with Gasteiger partial charge in [0.2, 0.25) is 35.4 Å². The van der Waals surface area contributed by atoms with Crippen LogP contribution >= 0.6 is 0 Å². The summed E-state index contributed by atoms with van der Waals surface area (Å²) in [5.41, 5.74) is -0.145. The Morgan fingerprint density at radius 1 is 0.873 bits per heavy atom. The van der Waals surface area contributed by atoms with Gasteiger partial charge < -0.3 is 50.5 Å². The molecule has 3 heterocycles. The molecule has 4 rings (SSSR count). The van der Waals surface area contributed by atoms with Crippen molar-refractivity contribution in [3.05, 3.63) is 59.9 Å². The number of aromatic nitrogens is 1. The topological polar surface area (TPSA) is 248 Å². The largest absolute Gasteiger partial charge is 0.505 e. The summed E-state index contributed by atoms with van der Waals surface area (Å²) < 4.78 is 5.91. The minimum absolute atomic E-state index is 0.0335. The summed E-state index contributed by atoms with van der Waals surface area (Å²) in [5, 5.41) is 29.1. The lowest BCUT2D eigenvalue weighted by atomic mass is 9.88. The lowest BCUT2D eigenvalue weighted by molar-refractivity contribution is -0.161. The number of amides is 7. The Balaban J connectivity index is 1.86. The number of aliphatic hydroxyl groups is 1. The zero-order chi connectivity index (χ0) is 47.0. The van der Waals surface area contributed by atoms with Crippen LogP contribution in [0.5, 0.6) is 5.75 Å². The number of cyclic esters (lactones) is 1. The van der Waals surface area contributed by atoms with Crippen molar-refractivity contribution in [1.82, 2.24) is 40.5 Å². The molecular formula is C44H62N8O11. The summed E-state index contributed by atoms with van der Waals surface area (Å²) in [6.07, 6.45) is -1.52. The number of carbonyl (C=O) groups is 8. The first-order valence-corrected chi connectivity index (χ1v) is 21.1. The summed E-state index contributed by atoms with van der Waals surface area (Å²) in [4.78, 5) is 122. The Bertz CT molecular complexity index is 2020. The van der Waals surface area contributed by atoms with E-state index >= 15 is 0 Å². The molecule has 2 aliphatic rings. The fraction of sp³-hybridized carbons (Fsp3) is 0.568. The molecule has 63 heavy (non-hydrogen) atoms. The SMILES string of the molecule is CC(C)C[C@@H]1NC(=O)[C@@H](NC(=O)c2ncccc2O)[C@@H](C)OC(=O)[C@@H](c2ccccc2)N(C)C(=O)[C@H](C)NC(=O)[C@H](C(C)C(C)C)N(C)C(=O)CN(C)C(=O)[C@@H]2C[C@@H](O)CN2C1=O. The number of rotatable bonds is 7. The third kappa shape index (κ3) is 11.9. The average molecular weight is 879 g/mol. The van der Waals surface area contributed by atoms with Gasteiger partial charge in [0.05, 0.1) is 12.6 Å². The first-order chi connectivity index (χ1) is 29.5. The molecule has 0 radical (unpaired) electrons. The summed E-state index contributed by atoms with van der Waals surface area (Å²) in [6.45, 7) is 11.1. The highest BCUT2D eigenvalue weighted by Gasteiger charge is 2.45. The van der Waals surface area contributed by atoms with E-state index in [4.69, 9.17) is 4.74 Å². The van der Waals surface area contributed by atoms with E-state index < -0.39 is 120 Å². The van der Waals surface area contributed by atoms with Crippen LogP contribution < -0.4 is 16.0 Å². The van der Waals surface area contributed by atoms with Crippen molar-refractivity contribution in [2.24, 2.45) is 17.8 Å². The van der Waals surface area contributed by atoms with E-state index in [9.17, 15) is 48.6 Å². The van der Waals surface area contributed by atoms with Gasteiger partial charge in [-0.25, -0.2) is 9.78 Å². The fourth-order valence-electron chi connectivity index (χ4n) is 7.82. The normalized spacial score (nSPS) is 27.0. The van der Waals surface area contributed by atoms with Crippen LogP contribution in [0.3, 0.4) is 0 Å². The number of fused-ring (bicyclic) bond motifs is 1. The Morgan fingerprint density at radius 3 is 2.13 bits per heavy atom. The van der Waals surface area contributed by atoms with Gasteiger partial charge in [-0.1, -0.05) is 65.0 Å². The standard InChI is InChI=1S/C44H62N8O11/c1-23(2)19-30-42(60)52-21-29(53)20-31(52)43(61)49(8)22-33(55)50(9)36(25(5)24(3)4)40(58)46-26(6)41(59)51(10)37(28-15-12-11-13-16-28)44(62)63-27(7)34(38(56)47-30)48-39(57)35-32(54)17-14-18-45-35/h11-18,23-27,29-31,34,36-37,53-54H,19-22H2,1-10H3,(H,46,58)(H,47,56)(H,48,57)/t25?,26-,27+,29+,30-,31-,34-,36-,37+/m0/s1. The van der Waals surface area contributed by atoms with Gasteiger partial charge in [0.1, 0.15) is 42.1 Å². The second-order valence-corrected chi connectivity index (χ2v) is 17.3. The molecule has 2 aromatic rings. The molecule has 2 saturated heterocycles. The van der Waals surface area contributed by atoms with Crippen molar-refractivity contribution >= 4 is 47.3 Å². The number of benzene rings is 1. The number of nitrogens with one attached hydrogen (secondary N) is 3. The van der Waals surface area contributed by atoms with Crippen LogP contribution in [0.1, 0.15) is 83.4 Å². The van der Waals surface area contributed by atoms with Crippen molar-refractivity contribution in [1.29, 1.82) is 0 Å². The maximum absolute atomic E-state index is 14.5. The number of pyridine rings is 1. The predicted octanol–water partition coefficient (Wildman–Crippen LogP) is 0.606. The number of hydrogen-bond donors (Lipinski definition) is 5. The van der Waals surface area contributed by atoms with Crippen LogP contribution in [0.25, 0.3) is 0 Å². The Morgan fingerprint density at radius 2 is 1.52 bits per heavy atom. The van der Waals surface area contributed by atoms with Gasteiger partial charge >= 0.3 is 5.97 Å². The Kier molecular flexibility index (Phi) is 16.8. The average Bonchev–Trinajstić information content (AvgIpc) is 3.62. The highest BCUT2D eigenvalue weighted by atomic mass is 16.5. The molecule has 9 atom stereocenters. The molecule has 344 valence electrons. The molecular weight excluding hydrogens is 817 g/mol. The third-order valence-electron chi connectivity index (χ3n) is 11.7. The molecule has 7 amide bonds. The Hall–Kier alpha value is -6.11. The van der Waals surface area contributed by atoms with Crippen molar-refractivity contribution in [2.75, 3.05) is 34.2 Å². The zero-order valence-electron chi connectivity index (χ0n) is 37.6. The number of hydrogen-bond acceptors (Lipinski definition) is 12. The van der Waals surface area contributed by atoms with Crippen LogP contribution in [0.2, 0.25) is 0 Å². The molecule has 0 spiro atoms. The number of aliphatic hydroxyl groups excluding tert-OH is 1. The second-order valence-electron chi connectivity index (χ2n) is 17.3. The van der Waals surface area contributed by atoms with Gasteiger partial charge in [-0.05, 0) is 55.7 Å². The van der Waals surface area contributed by atoms with Crippen LogP contribution in [0.15, 0.2) is 48.7 Å². The molecule has 2 aliphatic heterocycles. The molecule has 19 heteroatoms. The number of carbonyl (C=O) groups excluding carboxylic acids is 8. The van der Waals surface area contributed by atoms with E-state index in [1.165, 1.54) is 58.2 Å². The molecule has 2 fully saturated rings. The van der Waals surface area contributed by atoms with Gasteiger partial charge in [0.15, 0.2) is 11.7 Å². The number of ether oxygens (including phenoxy) is 1. The van der Waals surface area contributed by atoms with E-state index in [0.29, 0.717) is 5.56 Å². The fourth-order valence-corrected chi connectivity index (χ4v) is 7.82. The number of likely N-dealkylation sites (N-methyl/N-ethyl adjacent to an activating group) is 3. The summed E-state index contributed by atoms with van der Waals surface area (Å²) >= 11 is 0. The highest BCUT2D eigenvalue weighted by Crippen LogP contribution is 2.26. The Labute approximate surface area is 367 Å². The summed E-state index contributed by atoms with van der Waals surface area (Å²) in [5.74, 6) is -7.75. The van der Waals surface area contributed by atoms with Gasteiger partial charge in [0, 0.05) is 40.3 Å². The zero-order valence-corrected chi connectivity index (χ0v) is 37.6. The van der Waals surface area contributed by atoms with Gasteiger partial charge in [-0.15, -0.1) is 0 Å². The van der Waals surface area contributed by atoms with Crippen LogP contribution in [0.4, 0.5) is 0 Å². The minimum atomic E-state index is -1.74. The summed E-state index contributed by atoms with van der Waals surface area (Å²) in [6, 6.07) is 2.60. The highest BCUT2D eigenvalue weighted by molar-refractivity contribution is 6.00. The molecule has 1 aromatic heterocycles. The van der Waals surface area contributed by atoms with Gasteiger partial charge in [-0.3, -0.25) is 33.6 Å². The van der Waals surface area contributed by atoms with Crippen molar-refractivity contribution in [3.8, 4) is 5.75 Å². The van der Waals surface area contributed by atoms with Gasteiger partial charge in [0.25, 0.3) is 5.91 Å². The third-order valence-corrected chi connectivity index (χ3v) is 11.7. The van der Waals surface area contributed by atoms with E-state index in [0.717, 1.165) is 14.7 Å². The van der Waals surface area contributed by atoms with Crippen molar-refractivity contribution < 1.29 is 53.3 Å². The first-order valence-electron chi connectivity index (χ1n) is 21.1. The van der Waals surface area contributed by atoms with Crippen LogP contribution in [-0.4, -0.2) is 159 Å². The lowest BCUT2D eigenvalue weighted by Crippen LogP contribution is -2.60. The van der Waals surface area contributed by atoms with Crippen LogP contribution in [-0.2, 0) is 38.3 Å².